The maximum absolute atomic E-state index is 2.35. The van der Waals surface area contributed by atoms with E-state index in [9.17, 15) is 0 Å². The molecule has 1 heteroatoms. The number of hydrogen-bond acceptors (Lipinski definition) is 0. The molecule has 0 saturated heterocycles. The van der Waals surface area contributed by atoms with Crippen molar-refractivity contribution in [3.63, 3.8) is 0 Å². The molecule has 19 heavy (non-hydrogen) atoms. The minimum atomic E-state index is -2.00. The molecule has 2 aromatic rings. The quantitative estimate of drug-likeness (QED) is 0.587. The first-order chi connectivity index (χ1) is 9.22. The molecule has 0 unspecified atom stereocenters. The van der Waals surface area contributed by atoms with Gasteiger partial charge < -0.3 is 0 Å². The summed E-state index contributed by atoms with van der Waals surface area (Å²) in [5.41, 5.74) is 3.25. The van der Waals surface area contributed by atoms with E-state index in [1.165, 1.54) is 10.4 Å². The monoisotopic (exact) mass is 311 g/mol. The fourth-order valence-electron chi connectivity index (χ4n) is 3.08. The molecule has 0 bridgehead atoms. The standard InChI is InChI=1S/C18H20As/c1-15-13-19(14-16(15)2,17-9-5-3-6-10-17)18-11-7-4-8-12-18/h3-12H,13-14H2,1-2H3/q+1. The van der Waals surface area contributed by atoms with Gasteiger partial charge in [-0.05, 0) is 0 Å². The Bertz CT molecular complexity index is 541. The van der Waals surface area contributed by atoms with E-state index in [4.69, 9.17) is 0 Å². The number of hydrogen-bond donors (Lipinski definition) is 0. The van der Waals surface area contributed by atoms with Crippen LogP contribution in [0.25, 0.3) is 0 Å². The van der Waals surface area contributed by atoms with E-state index in [1.54, 1.807) is 19.8 Å². The molecule has 96 valence electrons. The number of benzene rings is 2. The summed E-state index contributed by atoms with van der Waals surface area (Å²) in [7, 11) is 0. The topological polar surface area (TPSA) is 0 Å². The van der Waals surface area contributed by atoms with Crippen molar-refractivity contribution >= 4 is 22.3 Å². The molecule has 0 saturated carbocycles. The second-order valence-corrected chi connectivity index (χ2v) is 13.1. The third kappa shape index (κ3) is 2.19. The third-order valence-corrected chi connectivity index (χ3v) is 13.9. The average Bonchev–Trinajstić information content (AvgIpc) is 2.78. The van der Waals surface area contributed by atoms with E-state index in [0.29, 0.717) is 0 Å². The van der Waals surface area contributed by atoms with Crippen molar-refractivity contribution < 1.29 is 0 Å². The second kappa shape index (κ2) is 5.02. The zero-order valence-electron chi connectivity index (χ0n) is 11.6. The molecule has 0 nitrogen and oxygen atoms in total. The van der Waals surface area contributed by atoms with Crippen LogP contribution in [-0.2, 0) is 0 Å². The zero-order valence-corrected chi connectivity index (χ0v) is 13.5. The molecule has 0 amide bonds. The van der Waals surface area contributed by atoms with Crippen LogP contribution in [0.5, 0.6) is 0 Å². The van der Waals surface area contributed by atoms with E-state index in [-0.39, 0.29) is 0 Å². The van der Waals surface area contributed by atoms with Crippen molar-refractivity contribution in [2.75, 3.05) is 0 Å². The molecule has 2 aromatic carbocycles. The molecule has 0 fully saturated rings. The van der Waals surface area contributed by atoms with Crippen LogP contribution in [0.2, 0.25) is 10.4 Å². The summed E-state index contributed by atoms with van der Waals surface area (Å²) in [5, 5.41) is 2.64. The normalized spacial score (nSPS) is 17.8. The van der Waals surface area contributed by atoms with Crippen LogP contribution in [0, 0.1) is 0 Å². The van der Waals surface area contributed by atoms with Gasteiger partial charge in [-0.3, -0.25) is 0 Å². The average molecular weight is 311 g/mol. The van der Waals surface area contributed by atoms with Gasteiger partial charge in [0.15, 0.2) is 0 Å². The predicted octanol–water partition coefficient (Wildman–Crippen LogP) is 3.60. The molecular weight excluding hydrogens is 291 g/mol. The van der Waals surface area contributed by atoms with Crippen LogP contribution in [-0.4, -0.2) is 13.6 Å². The van der Waals surface area contributed by atoms with E-state index in [0.717, 1.165) is 0 Å². The van der Waals surface area contributed by atoms with E-state index in [2.05, 4.69) is 74.5 Å². The maximum atomic E-state index is 2.35. The number of rotatable bonds is 2. The van der Waals surface area contributed by atoms with Gasteiger partial charge >= 0.3 is 118 Å². The third-order valence-electron chi connectivity index (χ3n) is 4.24. The molecule has 0 aliphatic carbocycles. The van der Waals surface area contributed by atoms with Crippen LogP contribution >= 0.6 is 0 Å². The van der Waals surface area contributed by atoms with Gasteiger partial charge in [0.1, 0.15) is 0 Å². The van der Waals surface area contributed by atoms with Crippen molar-refractivity contribution in [3.05, 3.63) is 71.8 Å². The Balaban J connectivity index is 2.14. The SMILES string of the molecule is CC1=C(C)C[As+](c2ccccc2)(c2ccccc2)C1. The van der Waals surface area contributed by atoms with Gasteiger partial charge in [0.25, 0.3) is 0 Å². The zero-order chi connectivity index (χ0) is 13.3. The van der Waals surface area contributed by atoms with Crippen LogP contribution in [0.4, 0.5) is 0 Å². The molecule has 1 aliphatic rings. The Labute approximate surface area is 118 Å². The first-order valence-corrected chi connectivity index (χ1v) is 11.4. The molecule has 0 aromatic heterocycles. The van der Waals surface area contributed by atoms with Gasteiger partial charge in [-0.2, -0.15) is 0 Å². The van der Waals surface area contributed by atoms with Gasteiger partial charge in [-0.15, -0.1) is 0 Å². The van der Waals surface area contributed by atoms with Gasteiger partial charge in [-0.1, -0.05) is 0 Å². The fraction of sp³-hybridized carbons (Fsp3) is 0.222. The second-order valence-electron chi connectivity index (χ2n) is 5.52. The Morgan fingerprint density at radius 1 is 0.632 bits per heavy atom. The van der Waals surface area contributed by atoms with Crippen molar-refractivity contribution in [2.24, 2.45) is 0 Å². The Kier molecular flexibility index (Phi) is 3.37. The summed E-state index contributed by atoms with van der Waals surface area (Å²) in [6, 6.07) is 22.5. The summed E-state index contributed by atoms with van der Waals surface area (Å²) in [5.74, 6) is 0. The summed E-state index contributed by atoms with van der Waals surface area (Å²) in [4.78, 5) is 0. The molecule has 1 heterocycles. The summed E-state index contributed by atoms with van der Waals surface area (Å²) < 4.78 is 3.23. The van der Waals surface area contributed by atoms with Crippen LogP contribution in [0.15, 0.2) is 71.8 Å². The Morgan fingerprint density at radius 2 is 1.00 bits per heavy atom. The first kappa shape index (κ1) is 12.8. The first-order valence-electron chi connectivity index (χ1n) is 6.86. The Morgan fingerprint density at radius 3 is 1.37 bits per heavy atom. The van der Waals surface area contributed by atoms with Crippen LogP contribution in [0.3, 0.4) is 0 Å². The van der Waals surface area contributed by atoms with E-state index in [1.807, 2.05) is 0 Å². The van der Waals surface area contributed by atoms with Crippen molar-refractivity contribution in [3.8, 4) is 0 Å². The van der Waals surface area contributed by atoms with Gasteiger partial charge in [0, 0.05) is 0 Å². The van der Waals surface area contributed by atoms with Gasteiger partial charge in [-0.25, -0.2) is 0 Å². The van der Waals surface area contributed by atoms with E-state index < -0.39 is 13.6 Å². The molecule has 0 spiro atoms. The minimum absolute atomic E-state index is 1.32. The molecular formula is C18H20As+. The van der Waals surface area contributed by atoms with Crippen molar-refractivity contribution in [2.45, 2.75) is 24.3 Å². The molecule has 0 radical (unpaired) electrons. The van der Waals surface area contributed by atoms with Gasteiger partial charge in [0.05, 0.1) is 0 Å². The van der Waals surface area contributed by atoms with Crippen LogP contribution in [0.1, 0.15) is 13.8 Å². The van der Waals surface area contributed by atoms with Crippen molar-refractivity contribution in [1.29, 1.82) is 0 Å². The molecule has 1 aliphatic heterocycles. The Hall–Kier alpha value is -1.26. The van der Waals surface area contributed by atoms with Gasteiger partial charge in [0.2, 0.25) is 0 Å². The van der Waals surface area contributed by atoms with E-state index >= 15 is 0 Å². The molecule has 3 rings (SSSR count). The van der Waals surface area contributed by atoms with Crippen molar-refractivity contribution in [1.82, 2.24) is 0 Å². The summed E-state index contributed by atoms with van der Waals surface area (Å²) in [6.07, 6.45) is 0. The summed E-state index contributed by atoms with van der Waals surface area (Å²) in [6.45, 7) is 4.65. The summed E-state index contributed by atoms with van der Waals surface area (Å²) >= 11 is -2.00. The fourth-order valence-corrected chi connectivity index (χ4v) is 13.1. The number of allylic oxidation sites excluding steroid dienone is 2. The van der Waals surface area contributed by atoms with Crippen LogP contribution < -0.4 is 8.70 Å². The molecule has 0 N–H and O–H groups in total. The molecule has 0 atom stereocenters. The predicted molar refractivity (Wildman–Crippen MR) is 85.9 cm³/mol.